The average Bonchev–Trinajstić information content (AvgIpc) is 3.23. The van der Waals surface area contributed by atoms with Crippen LogP contribution in [0.3, 0.4) is 0 Å². The lowest BCUT2D eigenvalue weighted by atomic mass is 10.2. The van der Waals surface area contributed by atoms with E-state index in [0.29, 0.717) is 22.8 Å². The van der Waals surface area contributed by atoms with Crippen LogP contribution < -0.4 is 10.1 Å². The molecule has 0 aliphatic rings. The second-order valence-electron chi connectivity index (χ2n) is 6.70. The Morgan fingerprint density at radius 3 is 2.84 bits per heavy atom. The van der Waals surface area contributed by atoms with E-state index in [4.69, 9.17) is 4.74 Å². The van der Waals surface area contributed by atoms with Crippen LogP contribution >= 0.6 is 27.7 Å². The molecule has 4 aromatic rings. The molecule has 2 aromatic carbocycles. The fraction of sp³-hybridized carbons (Fsp3) is 0.182. The van der Waals surface area contributed by atoms with Gasteiger partial charge < -0.3 is 10.1 Å². The zero-order chi connectivity index (χ0) is 22.0. The van der Waals surface area contributed by atoms with Gasteiger partial charge in [0.15, 0.2) is 0 Å². The molecule has 1 N–H and O–H groups in total. The van der Waals surface area contributed by atoms with Crippen LogP contribution in [0.5, 0.6) is 5.75 Å². The van der Waals surface area contributed by atoms with Crippen molar-refractivity contribution in [3.05, 3.63) is 70.1 Å². The normalized spacial score (nSPS) is 11.0. The van der Waals surface area contributed by atoms with Crippen LogP contribution in [0.15, 0.2) is 63.2 Å². The molecule has 0 saturated carbocycles. The molecule has 0 radical (unpaired) electrons. The Hall–Kier alpha value is -2.91. The Balaban J connectivity index is 1.71. The number of hydrogen-bond acceptors (Lipinski definition) is 6. The Kier molecular flexibility index (Phi) is 6.24. The van der Waals surface area contributed by atoms with Crippen molar-refractivity contribution in [3.8, 4) is 5.75 Å². The molecule has 0 aliphatic heterocycles. The minimum absolute atomic E-state index is 0.251. The molecule has 7 nitrogen and oxygen atoms in total. The smallest absolute Gasteiger partial charge is 0.259 e. The molecule has 31 heavy (non-hydrogen) atoms. The standard InChI is InChI=1S/C22H20BrN5O2S/c1-4-15-13(2)26-22-24-12-25-28(22)21(15)31-19-8-6-5-7-17(19)27-20(29)16-11-14(23)9-10-18(16)30-3/h5-12H,4H2,1-3H3,(H,27,29). The maximum Gasteiger partial charge on any atom is 0.259 e. The number of nitrogens with zero attached hydrogens (tertiary/aromatic N) is 4. The summed E-state index contributed by atoms with van der Waals surface area (Å²) in [5.41, 5.74) is 3.16. The second kappa shape index (κ2) is 9.07. The molecule has 0 unspecified atom stereocenters. The van der Waals surface area contributed by atoms with Gasteiger partial charge in [-0.2, -0.15) is 14.6 Å². The van der Waals surface area contributed by atoms with Crippen LogP contribution in [-0.2, 0) is 6.42 Å². The molecule has 0 fully saturated rings. The van der Waals surface area contributed by atoms with Gasteiger partial charge in [-0.25, -0.2) is 4.98 Å². The van der Waals surface area contributed by atoms with E-state index in [0.717, 1.165) is 32.1 Å². The highest BCUT2D eigenvalue weighted by atomic mass is 79.9. The van der Waals surface area contributed by atoms with Gasteiger partial charge in [0.1, 0.15) is 17.1 Å². The van der Waals surface area contributed by atoms with Crippen LogP contribution in [0.2, 0.25) is 0 Å². The summed E-state index contributed by atoms with van der Waals surface area (Å²) in [6, 6.07) is 13.0. The van der Waals surface area contributed by atoms with Crippen molar-refractivity contribution in [1.82, 2.24) is 19.6 Å². The third-order valence-electron chi connectivity index (χ3n) is 4.79. The molecule has 2 heterocycles. The number of para-hydroxylation sites is 1. The predicted molar refractivity (Wildman–Crippen MR) is 124 cm³/mol. The van der Waals surface area contributed by atoms with Crippen LogP contribution in [0, 0.1) is 6.92 Å². The number of carbonyl (C=O) groups is 1. The van der Waals surface area contributed by atoms with Crippen molar-refractivity contribution in [2.45, 2.75) is 30.2 Å². The molecule has 0 aliphatic carbocycles. The summed E-state index contributed by atoms with van der Waals surface area (Å²) in [6.07, 6.45) is 2.30. The summed E-state index contributed by atoms with van der Waals surface area (Å²) < 4.78 is 7.90. The van der Waals surface area contributed by atoms with Crippen LogP contribution in [0.4, 0.5) is 5.69 Å². The van der Waals surface area contributed by atoms with Gasteiger partial charge in [0.2, 0.25) is 0 Å². The SMILES string of the molecule is CCc1c(C)nc2ncnn2c1Sc1ccccc1NC(=O)c1cc(Br)ccc1OC. The van der Waals surface area contributed by atoms with Gasteiger partial charge in [-0.05, 0) is 43.7 Å². The summed E-state index contributed by atoms with van der Waals surface area (Å²) >= 11 is 4.95. The van der Waals surface area contributed by atoms with Gasteiger partial charge in [-0.15, -0.1) is 0 Å². The number of carbonyl (C=O) groups excluding carboxylic acids is 1. The van der Waals surface area contributed by atoms with Crippen molar-refractivity contribution in [2.75, 3.05) is 12.4 Å². The average molecular weight is 498 g/mol. The number of halogens is 1. The van der Waals surface area contributed by atoms with E-state index in [1.54, 1.807) is 23.8 Å². The number of amides is 1. The van der Waals surface area contributed by atoms with Crippen molar-refractivity contribution < 1.29 is 9.53 Å². The maximum atomic E-state index is 13.0. The lowest BCUT2D eigenvalue weighted by Gasteiger charge is -2.15. The first kappa shape index (κ1) is 21.3. The summed E-state index contributed by atoms with van der Waals surface area (Å²) in [5, 5.41) is 8.30. The molecule has 0 spiro atoms. The largest absolute Gasteiger partial charge is 0.496 e. The topological polar surface area (TPSA) is 81.4 Å². The number of anilines is 1. The summed E-state index contributed by atoms with van der Waals surface area (Å²) in [7, 11) is 1.55. The van der Waals surface area contributed by atoms with Gasteiger partial charge in [-0.3, -0.25) is 4.79 Å². The number of benzene rings is 2. The first-order valence-corrected chi connectivity index (χ1v) is 11.2. The van der Waals surface area contributed by atoms with E-state index >= 15 is 0 Å². The molecule has 0 atom stereocenters. The summed E-state index contributed by atoms with van der Waals surface area (Å²) in [5.74, 6) is 0.810. The van der Waals surface area contributed by atoms with Gasteiger partial charge in [0.05, 0.1) is 18.4 Å². The van der Waals surface area contributed by atoms with Crippen LogP contribution in [-0.4, -0.2) is 32.6 Å². The molecule has 9 heteroatoms. The van der Waals surface area contributed by atoms with E-state index < -0.39 is 0 Å². The van der Waals surface area contributed by atoms with Gasteiger partial charge >= 0.3 is 0 Å². The summed E-state index contributed by atoms with van der Waals surface area (Å²) in [6.45, 7) is 4.06. The lowest BCUT2D eigenvalue weighted by Crippen LogP contribution is -2.14. The number of methoxy groups -OCH3 is 1. The Morgan fingerprint density at radius 2 is 2.06 bits per heavy atom. The number of fused-ring (bicyclic) bond motifs is 1. The second-order valence-corrected chi connectivity index (χ2v) is 8.65. The minimum atomic E-state index is -0.251. The van der Waals surface area contributed by atoms with Crippen LogP contribution in [0.25, 0.3) is 5.78 Å². The first-order valence-electron chi connectivity index (χ1n) is 9.62. The monoisotopic (exact) mass is 497 g/mol. The zero-order valence-corrected chi connectivity index (χ0v) is 19.6. The van der Waals surface area contributed by atoms with Crippen molar-refractivity contribution in [2.24, 2.45) is 0 Å². The lowest BCUT2D eigenvalue weighted by molar-refractivity contribution is 0.102. The summed E-state index contributed by atoms with van der Waals surface area (Å²) in [4.78, 5) is 22.7. The van der Waals surface area contributed by atoms with Gasteiger partial charge in [0, 0.05) is 20.6 Å². The number of ether oxygens (including phenoxy) is 1. The fourth-order valence-corrected chi connectivity index (χ4v) is 4.85. The van der Waals surface area contributed by atoms with Crippen molar-refractivity contribution in [1.29, 1.82) is 0 Å². The van der Waals surface area contributed by atoms with E-state index in [1.165, 1.54) is 18.1 Å². The predicted octanol–water partition coefficient (Wildman–Crippen LogP) is 5.17. The fourth-order valence-electron chi connectivity index (χ4n) is 3.28. The van der Waals surface area contributed by atoms with E-state index in [2.05, 4.69) is 43.2 Å². The number of hydrogen-bond donors (Lipinski definition) is 1. The molecular weight excluding hydrogens is 478 g/mol. The van der Waals surface area contributed by atoms with Crippen molar-refractivity contribution in [3.63, 3.8) is 0 Å². The quantitative estimate of drug-likeness (QED) is 0.370. The minimum Gasteiger partial charge on any atom is -0.496 e. The molecule has 1 amide bonds. The van der Waals surface area contributed by atoms with Crippen LogP contribution in [0.1, 0.15) is 28.5 Å². The van der Waals surface area contributed by atoms with E-state index in [-0.39, 0.29) is 5.91 Å². The maximum absolute atomic E-state index is 13.0. The molecule has 2 aromatic heterocycles. The number of nitrogens with one attached hydrogen (secondary N) is 1. The number of aromatic nitrogens is 4. The number of rotatable bonds is 6. The highest BCUT2D eigenvalue weighted by molar-refractivity contribution is 9.10. The molecule has 0 saturated heterocycles. The first-order chi connectivity index (χ1) is 15.0. The Bertz CT molecular complexity index is 1270. The highest BCUT2D eigenvalue weighted by Gasteiger charge is 2.18. The van der Waals surface area contributed by atoms with Gasteiger partial charge in [0.25, 0.3) is 11.7 Å². The molecule has 158 valence electrons. The Labute approximate surface area is 192 Å². The Morgan fingerprint density at radius 1 is 1.26 bits per heavy atom. The third kappa shape index (κ3) is 4.28. The third-order valence-corrected chi connectivity index (χ3v) is 6.47. The van der Waals surface area contributed by atoms with E-state index in [9.17, 15) is 4.79 Å². The highest BCUT2D eigenvalue weighted by Crippen LogP contribution is 2.36. The molecule has 4 rings (SSSR count). The van der Waals surface area contributed by atoms with E-state index in [1.807, 2.05) is 37.3 Å². The molecular formula is C22H20BrN5O2S. The van der Waals surface area contributed by atoms with Gasteiger partial charge in [-0.1, -0.05) is 46.7 Å². The number of aryl methyl sites for hydroxylation is 1. The van der Waals surface area contributed by atoms with Crippen molar-refractivity contribution >= 4 is 45.1 Å². The molecule has 0 bridgehead atoms. The zero-order valence-electron chi connectivity index (χ0n) is 17.2.